The SMILES string of the molecule is COC1CC(N2C(=O)NC(=O)C(C)C2=O)C1(C)C. The van der Waals surface area contributed by atoms with Crippen LogP contribution in [0.2, 0.25) is 0 Å². The molecule has 0 bridgehead atoms. The summed E-state index contributed by atoms with van der Waals surface area (Å²) < 4.78 is 5.30. The summed E-state index contributed by atoms with van der Waals surface area (Å²) in [6.07, 6.45) is 0.639. The van der Waals surface area contributed by atoms with Gasteiger partial charge in [-0.05, 0) is 13.3 Å². The zero-order valence-electron chi connectivity index (χ0n) is 11.0. The number of nitrogens with zero attached hydrogens (tertiary/aromatic N) is 1. The maximum atomic E-state index is 12.1. The van der Waals surface area contributed by atoms with Gasteiger partial charge in [0.1, 0.15) is 5.92 Å². The molecule has 1 saturated heterocycles. The third kappa shape index (κ3) is 1.63. The summed E-state index contributed by atoms with van der Waals surface area (Å²) in [7, 11) is 1.62. The lowest BCUT2D eigenvalue weighted by atomic mass is 9.63. The Labute approximate surface area is 106 Å². The van der Waals surface area contributed by atoms with Crippen LogP contribution in [0.25, 0.3) is 0 Å². The molecule has 100 valence electrons. The molecule has 3 atom stereocenters. The molecule has 1 saturated carbocycles. The molecule has 1 N–H and O–H groups in total. The van der Waals surface area contributed by atoms with Crippen LogP contribution in [0.15, 0.2) is 0 Å². The Morgan fingerprint density at radius 3 is 2.44 bits per heavy atom. The number of carbonyl (C=O) groups excluding carboxylic acids is 3. The summed E-state index contributed by atoms with van der Waals surface area (Å²) >= 11 is 0. The fourth-order valence-corrected chi connectivity index (χ4v) is 2.69. The maximum Gasteiger partial charge on any atom is 0.331 e. The lowest BCUT2D eigenvalue weighted by molar-refractivity contribution is -0.161. The number of imide groups is 2. The number of urea groups is 1. The molecule has 6 nitrogen and oxygen atoms in total. The second kappa shape index (κ2) is 4.05. The van der Waals surface area contributed by atoms with Crippen LogP contribution in [0, 0.1) is 11.3 Å². The van der Waals surface area contributed by atoms with Gasteiger partial charge < -0.3 is 4.74 Å². The molecule has 18 heavy (non-hydrogen) atoms. The first-order valence-corrected chi connectivity index (χ1v) is 6.01. The minimum atomic E-state index is -0.805. The molecule has 0 radical (unpaired) electrons. The van der Waals surface area contributed by atoms with Gasteiger partial charge in [0.05, 0.1) is 12.1 Å². The third-order valence-corrected chi connectivity index (χ3v) is 4.17. The molecule has 2 aliphatic rings. The predicted molar refractivity (Wildman–Crippen MR) is 62.5 cm³/mol. The highest BCUT2D eigenvalue weighted by Crippen LogP contribution is 2.46. The van der Waals surface area contributed by atoms with Crippen LogP contribution in [0.4, 0.5) is 4.79 Å². The smallest absolute Gasteiger partial charge is 0.331 e. The molecular formula is C12H18N2O4. The van der Waals surface area contributed by atoms with Gasteiger partial charge in [-0.25, -0.2) is 4.79 Å². The Hall–Kier alpha value is -1.43. The highest BCUT2D eigenvalue weighted by Gasteiger charge is 2.56. The number of methoxy groups -OCH3 is 1. The number of rotatable bonds is 2. The van der Waals surface area contributed by atoms with Crippen LogP contribution < -0.4 is 5.32 Å². The van der Waals surface area contributed by atoms with Crippen molar-refractivity contribution in [2.45, 2.75) is 39.3 Å². The van der Waals surface area contributed by atoms with Gasteiger partial charge in [-0.15, -0.1) is 0 Å². The normalized spacial score (nSPS) is 35.2. The molecule has 3 unspecified atom stereocenters. The summed E-state index contributed by atoms with van der Waals surface area (Å²) in [6, 6.07) is -0.832. The maximum absolute atomic E-state index is 12.1. The lowest BCUT2D eigenvalue weighted by Gasteiger charge is -2.55. The van der Waals surface area contributed by atoms with Gasteiger partial charge in [-0.2, -0.15) is 0 Å². The molecule has 0 aromatic carbocycles. The van der Waals surface area contributed by atoms with E-state index in [-0.39, 0.29) is 17.6 Å². The number of hydrogen-bond donors (Lipinski definition) is 1. The number of hydrogen-bond acceptors (Lipinski definition) is 4. The number of barbiturate groups is 1. The van der Waals surface area contributed by atoms with Crippen molar-refractivity contribution < 1.29 is 19.1 Å². The third-order valence-electron chi connectivity index (χ3n) is 4.17. The summed E-state index contributed by atoms with van der Waals surface area (Å²) in [5.41, 5.74) is -0.290. The topological polar surface area (TPSA) is 75.7 Å². The largest absolute Gasteiger partial charge is 0.381 e. The van der Waals surface area contributed by atoms with Gasteiger partial charge in [0.15, 0.2) is 0 Å². The molecule has 6 heteroatoms. The van der Waals surface area contributed by atoms with Crippen molar-refractivity contribution in [3.63, 3.8) is 0 Å². The van der Waals surface area contributed by atoms with E-state index in [9.17, 15) is 14.4 Å². The van der Waals surface area contributed by atoms with E-state index >= 15 is 0 Å². The van der Waals surface area contributed by atoms with E-state index in [1.807, 2.05) is 13.8 Å². The van der Waals surface area contributed by atoms with Crippen LogP contribution in [-0.4, -0.2) is 42.0 Å². The Morgan fingerprint density at radius 1 is 1.33 bits per heavy atom. The average molecular weight is 254 g/mol. The predicted octanol–water partition coefficient (Wildman–Crippen LogP) is 0.514. The van der Waals surface area contributed by atoms with Crippen molar-refractivity contribution >= 4 is 17.8 Å². The van der Waals surface area contributed by atoms with Crippen molar-refractivity contribution in [1.29, 1.82) is 0 Å². The van der Waals surface area contributed by atoms with Crippen molar-refractivity contribution in [3.05, 3.63) is 0 Å². The highest BCUT2D eigenvalue weighted by molar-refractivity contribution is 6.16. The van der Waals surface area contributed by atoms with Crippen LogP contribution in [0.5, 0.6) is 0 Å². The van der Waals surface area contributed by atoms with Gasteiger partial charge in [-0.3, -0.25) is 19.8 Å². The van der Waals surface area contributed by atoms with Crippen molar-refractivity contribution in [1.82, 2.24) is 10.2 Å². The molecule has 0 aromatic rings. The zero-order valence-corrected chi connectivity index (χ0v) is 11.0. The van der Waals surface area contributed by atoms with Crippen molar-refractivity contribution in [3.8, 4) is 0 Å². The quantitative estimate of drug-likeness (QED) is 0.729. The minimum absolute atomic E-state index is 0.0241. The number of carbonyl (C=O) groups is 3. The Morgan fingerprint density at radius 2 is 1.94 bits per heavy atom. The molecule has 2 fully saturated rings. The van der Waals surface area contributed by atoms with Gasteiger partial charge >= 0.3 is 6.03 Å². The summed E-state index contributed by atoms with van der Waals surface area (Å²) in [5, 5.41) is 2.22. The number of ether oxygens (including phenoxy) is 1. The molecule has 4 amide bonds. The van der Waals surface area contributed by atoms with E-state index in [2.05, 4.69) is 5.32 Å². The van der Waals surface area contributed by atoms with Crippen LogP contribution in [-0.2, 0) is 14.3 Å². The first-order chi connectivity index (χ1) is 8.30. The monoisotopic (exact) mass is 254 g/mol. The van der Waals surface area contributed by atoms with Gasteiger partial charge in [-0.1, -0.05) is 13.8 Å². The fourth-order valence-electron chi connectivity index (χ4n) is 2.69. The highest BCUT2D eigenvalue weighted by atomic mass is 16.5. The first-order valence-electron chi connectivity index (χ1n) is 6.01. The van der Waals surface area contributed by atoms with E-state index in [4.69, 9.17) is 4.74 Å². The fraction of sp³-hybridized carbons (Fsp3) is 0.750. The molecule has 1 aliphatic carbocycles. The number of nitrogens with one attached hydrogen (secondary N) is 1. The van der Waals surface area contributed by atoms with Crippen molar-refractivity contribution in [2.75, 3.05) is 7.11 Å². The minimum Gasteiger partial charge on any atom is -0.381 e. The molecular weight excluding hydrogens is 236 g/mol. The Kier molecular flexibility index (Phi) is 2.93. The summed E-state index contributed by atoms with van der Waals surface area (Å²) in [4.78, 5) is 36.4. The Bertz CT molecular complexity index is 418. The van der Waals surface area contributed by atoms with Crippen LogP contribution in [0.1, 0.15) is 27.2 Å². The van der Waals surface area contributed by atoms with Gasteiger partial charge in [0.2, 0.25) is 11.8 Å². The molecule has 1 heterocycles. The molecule has 0 spiro atoms. The molecule has 2 rings (SSSR count). The zero-order chi connectivity index (χ0) is 13.7. The molecule has 0 aromatic heterocycles. The molecule has 1 aliphatic heterocycles. The van der Waals surface area contributed by atoms with Gasteiger partial charge in [0, 0.05) is 12.5 Å². The van der Waals surface area contributed by atoms with E-state index in [0.717, 1.165) is 0 Å². The Balaban J connectivity index is 2.21. The first kappa shape index (κ1) is 13.0. The second-order valence-corrected chi connectivity index (χ2v) is 5.52. The van der Waals surface area contributed by atoms with Crippen molar-refractivity contribution in [2.24, 2.45) is 11.3 Å². The van der Waals surface area contributed by atoms with E-state index < -0.39 is 23.8 Å². The lowest BCUT2D eigenvalue weighted by Crippen LogP contribution is -2.69. The van der Waals surface area contributed by atoms with Gasteiger partial charge in [0.25, 0.3) is 0 Å². The number of amides is 4. The van der Waals surface area contributed by atoms with E-state index in [1.165, 1.54) is 11.8 Å². The standard InChI is InChI=1S/C12H18N2O4/c1-6-9(15)13-11(17)14(10(6)16)7-5-8(18-4)12(7,2)3/h6-8H,5H2,1-4H3,(H,13,15,17). The van der Waals surface area contributed by atoms with E-state index in [1.54, 1.807) is 7.11 Å². The summed E-state index contributed by atoms with van der Waals surface area (Å²) in [5.74, 6) is -1.75. The van der Waals surface area contributed by atoms with Crippen LogP contribution >= 0.6 is 0 Å². The van der Waals surface area contributed by atoms with E-state index in [0.29, 0.717) is 6.42 Å². The average Bonchev–Trinajstić information content (AvgIpc) is 2.30. The second-order valence-electron chi connectivity index (χ2n) is 5.52. The van der Waals surface area contributed by atoms with Crippen LogP contribution in [0.3, 0.4) is 0 Å². The summed E-state index contributed by atoms with van der Waals surface area (Å²) in [6.45, 7) is 5.42.